The number of morpholine rings is 1. The van der Waals surface area contributed by atoms with Crippen LogP contribution in [0, 0.1) is 0 Å². The fourth-order valence-electron chi connectivity index (χ4n) is 1.89. The minimum Gasteiger partial charge on any atom is -0.384 e. The third-order valence-electron chi connectivity index (χ3n) is 2.58. The Morgan fingerprint density at radius 1 is 1.67 bits per heavy atom. The molecule has 15 heavy (non-hydrogen) atoms. The molecule has 1 aliphatic rings. The summed E-state index contributed by atoms with van der Waals surface area (Å²) in [7, 11) is 0. The number of nitrogens with two attached hydrogens (primary N) is 1. The maximum atomic E-state index is 5.64. The molecule has 0 radical (unpaired) electrons. The van der Waals surface area contributed by atoms with Crippen LogP contribution in [0.15, 0.2) is 18.3 Å². The van der Waals surface area contributed by atoms with E-state index < -0.39 is 0 Å². The topological polar surface area (TPSA) is 51.4 Å². The highest BCUT2D eigenvalue weighted by Crippen LogP contribution is 2.11. The van der Waals surface area contributed by atoms with Crippen molar-refractivity contribution in [3.8, 4) is 0 Å². The molecule has 1 atom stereocenters. The molecule has 0 amide bonds. The molecule has 82 valence electrons. The first-order valence-corrected chi connectivity index (χ1v) is 5.28. The van der Waals surface area contributed by atoms with E-state index in [1.165, 1.54) is 5.56 Å². The summed E-state index contributed by atoms with van der Waals surface area (Å²) >= 11 is 0. The molecule has 2 heterocycles. The van der Waals surface area contributed by atoms with E-state index in [0.717, 1.165) is 26.2 Å². The van der Waals surface area contributed by atoms with Gasteiger partial charge in [-0.25, -0.2) is 4.98 Å². The first-order valence-electron chi connectivity index (χ1n) is 5.28. The van der Waals surface area contributed by atoms with Gasteiger partial charge < -0.3 is 10.5 Å². The summed E-state index contributed by atoms with van der Waals surface area (Å²) < 4.78 is 5.49. The lowest BCUT2D eigenvalue weighted by molar-refractivity contribution is -0.0212. The second-order valence-corrected chi connectivity index (χ2v) is 4.01. The molecule has 4 heteroatoms. The third kappa shape index (κ3) is 2.91. The second-order valence-electron chi connectivity index (χ2n) is 4.01. The number of hydrogen-bond acceptors (Lipinski definition) is 4. The Morgan fingerprint density at radius 3 is 3.27 bits per heavy atom. The van der Waals surface area contributed by atoms with E-state index in [-0.39, 0.29) is 0 Å². The van der Waals surface area contributed by atoms with Gasteiger partial charge in [0.25, 0.3) is 0 Å². The van der Waals surface area contributed by atoms with Crippen LogP contribution in [-0.2, 0) is 11.3 Å². The van der Waals surface area contributed by atoms with Gasteiger partial charge in [-0.05, 0) is 24.6 Å². The number of nitrogen functional groups attached to an aromatic ring is 1. The molecule has 0 saturated carbocycles. The third-order valence-corrected chi connectivity index (χ3v) is 2.58. The number of nitrogens with zero attached hydrogens (tertiary/aromatic N) is 2. The Hall–Kier alpha value is -1.13. The molecule has 2 N–H and O–H groups in total. The normalized spacial score (nSPS) is 22.9. The van der Waals surface area contributed by atoms with Crippen molar-refractivity contribution in [3.63, 3.8) is 0 Å². The van der Waals surface area contributed by atoms with Gasteiger partial charge in [-0.3, -0.25) is 4.90 Å². The maximum absolute atomic E-state index is 5.64. The summed E-state index contributed by atoms with van der Waals surface area (Å²) in [4.78, 5) is 6.36. The summed E-state index contributed by atoms with van der Waals surface area (Å²) in [6, 6.07) is 3.94. The highest BCUT2D eigenvalue weighted by Gasteiger charge is 2.16. The van der Waals surface area contributed by atoms with Gasteiger partial charge in [0.1, 0.15) is 5.82 Å². The van der Waals surface area contributed by atoms with Crippen LogP contribution in [0.3, 0.4) is 0 Å². The van der Waals surface area contributed by atoms with Crippen molar-refractivity contribution < 1.29 is 4.74 Å². The zero-order chi connectivity index (χ0) is 10.7. The summed E-state index contributed by atoms with van der Waals surface area (Å²) in [6.45, 7) is 5.84. The molecule has 2 rings (SSSR count). The Labute approximate surface area is 90.0 Å². The molecule has 0 bridgehead atoms. The number of rotatable bonds is 2. The van der Waals surface area contributed by atoms with Crippen molar-refractivity contribution in [2.45, 2.75) is 19.6 Å². The number of hydrogen-bond donors (Lipinski definition) is 1. The van der Waals surface area contributed by atoms with Crippen molar-refractivity contribution in [2.75, 3.05) is 25.4 Å². The Morgan fingerprint density at radius 2 is 2.53 bits per heavy atom. The average Bonchev–Trinajstić information content (AvgIpc) is 2.17. The molecule has 4 nitrogen and oxygen atoms in total. The van der Waals surface area contributed by atoms with Crippen LogP contribution < -0.4 is 5.73 Å². The Kier molecular flexibility index (Phi) is 3.18. The van der Waals surface area contributed by atoms with Gasteiger partial charge in [0.15, 0.2) is 0 Å². The van der Waals surface area contributed by atoms with Gasteiger partial charge in [-0.15, -0.1) is 0 Å². The van der Waals surface area contributed by atoms with E-state index in [1.54, 1.807) is 6.20 Å². The van der Waals surface area contributed by atoms with Gasteiger partial charge in [0.2, 0.25) is 0 Å². The van der Waals surface area contributed by atoms with Crippen molar-refractivity contribution in [1.29, 1.82) is 0 Å². The van der Waals surface area contributed by atoms with E-state index in [0.29, 0.717) is 11.9 Å². The minimum atomic E-state index is 0.331. The summed E-state index contributed by atoms with van der Waals surface area (Å²) in [5.74, 6) is 0.591. The van der Waals surface area contributed by atoms with Gasteiger partial charge in [-0.1, -0.05) is 0 Å². The summed E-state index contributed by atoms with van der Waals surface area (Å²) in [5, 5.41) is 0. The largest absolute Gasteiger partial charge is 0.384 e. The first kappa shape index (κ1) is 10.4. The molecule has 1 aromatic rings. The maximum Gasteiger partial charge on any atom is 0.123 e. The zero-order valence-corrected chi connectivity index (χ0v) is 9.02. The SMILES string of the molecule is CC1CN(Cc2ccnc(N)c2)CCO1. The molecular formula is C11H17N3O. The molecule has 1 aliphatic heterocycles. The van der Waals surface area contributed by atoms with Gasteiger partial charge in [0.05, 0.1) is 12.7 Å². The number of aromatic nitrogens is 1. The lowest BCUT2D eigenvalue weighted by Crippen LogP contribution is -2.40. The van der Waals surface area contributed by atoms with Crippen LogP contribution in [-0.4, -0.2) is 35.7 Å². The Bertz CT molecular complexity index is 329. The fourth-order valence-corrected chi connectivity index (χ4v) is 1.89. The smallest absolute Gasteiger partial charge is 0.123 e. The zero-order valence-electron chi connectivity index (χ0n) is 9.02. The molecule has 0 spiro atoms. The van der Waals surface area contributed by atoms with Crippen LogP contribution in [0.1, 0.15) is 12.5 Å². The van der Waals surface area contributed by atoms with Crippen molar-refractivity contribution >= 4 is 5.82 Å². The Balaban J connectivity index is 1.96. The fraction of sp³-hybridized carbons (Fsp3) is 0.545. The van der Waals surface area contributed by atoms with Crippen LogP contribution >= 0.6 is 0 Å². The second kappa shape index (κ2) is 4.59. The monoisotopic (exact) mass is 207 g/mol. The van der Waals surface area contributed by atoms with Gasteiger partial charge in [-0.2, -0.15) is 0 Å². The quantitative estimate of drug-likeness (QED) is 0.782. The molecule has 0 aromatic carbocycles. The van der Waals surface area contributed by atoms with E-state index >= 15 is 0 Å². The van der Waals surface area contributed by atoms with Crippen LogP contribution in [0.2, 0.25) is 0 Å². The molecule has 0 aliphatic carbocycles. The molecule has 1 aromatic heterocycles. The van der Waals surface area contributed by atoms with Crippen molar-refractivity contribution in [1.82, 2.24) is 9.88 Å². The van der Waals surface area contributed by atoms with Crippen LogP contribution in [0.5, 0.6) is 0 Å². The van der Waals surface area contributed by atoms with E-state index in [1.807, 2.05) is 12.1 Å². The molecule has 1 saturated heterocycles. The highest BCUT2D eigenvalue weighted by molar-refractivity contribution is 5.31. The summed E-state index contributed by atoms with van der Waals surface area (Å²) in [5.41, 5.74) is 6.86. The lowest BCUT2D eigenvalue weighted by Gasteiger charge is -2.31. The van der Waals surface area contributed by atoms with Gasteiger partial charge in [0, 0.05) is 25.8 Å². The summed E-state index contributed by atoms with van der Waals surface area (Å²) in [6.07, 6.45) is 2.09. The van der Waals surface area contributed by atoms with E-state index in [4.69, 9.17) is 10.5 Å². The molecular weight excluding hydrogens is 190 g/mol. The van der Waals surface area contributed by atoms with Crippen molar-refractivity contribution in [2.24, 2.45) is 0 Å². The van der Waals surface area contributed by atoms with E-state index in [9.17, 15) is 0 Å². The molecule has 1 fully saturated rings. The number of ether oxygens (including phenoxy) is 1. The van der Waals surface area contributed by atoms with Crippen molar-refractivity contribution in [3.05, 3.63) is 23.9 Å². The van der Waals surface area contributed by atoms with E-state index in [2.05, 4.69) is 16.8 Å². The standard InChI is InChI=1S/C11H17N3O/c1-9-7-14(4-5-15-9)8-10-2-3-13-11(12)6-10/h2-3,6,9H,4-5,7-8H2,1H3,(H2,12,13). The first-order chi connectivity index (χ1) is 7.24. The number of pyridine rings is 1. The van der Waals surface area contributed by atoms with Crippen LogP contribution in [0.25, 0.3) is 0 Å². The number of anilines is 1. The average molecular weight is 207 g/mol. The highest BCUT2D eigenvalue weighted by atomic mass is 16.5. The predicted molar refractivity (Wildman–Crippen MR) is 59.3 cm³/mol. The van der Waals surface area contributed by atoms with Crippen LogP contribution in [0.4, 0.5) is 5.82 Å². The predicted octanol–water partition coefficient (Wildman–Crippen LogP) is 0.885. The minimum absolute atomic E-state index is 0.331. The lowest BCUT2D eigenvalue weighted by atomic mass is 10.2. The molecule has 1 unspecified atom stereocenters. The van der Waals surface area contributed by atoms with Gasteiger partial charge >= 0.3 is 0 Å².